The third-order valence-corrected chi connectivity index (χ3v) is 3.76. The van der Waals surface area contributed by atoms with Crippen LogP contribution in [0.4, 0.5) is 33.9 Å². The van der Waals surface area contributed by atoms with Crippen LogP contribution in [0, 0.1) is 0 Å². The Morgan fingerprint density at radius 2 is 1.96 bits per heavy atom. The van der Waals surface area contributed by atoms with E-state index >= 15 is 0 Å². The zero-order valence-electron chi connectivity index (χ0n) is 14.4. The second-order valence-electron chi connectivity index (χ2n) is 5.83. The Morgan fingerprint density at radius 1 is 1.14 bits per heavy atom. The number of nitrogens with zero attached hydrogens (tertiary/aromatic N) is 1. The van der Waals surface area contributed by atoms with E-state index in [9.17, 15) is 22.4 Å². The highest BCUT2D eigenvalue weighted by atomic mass is 19.4. The average Bonchev–Trinajstić information content (AvgIpc) is 3.03. The number of urea groups is 1. The highest BCUT2D eigenvalue weighted by molar-refractivity contribution is 6.04. The molecule has 1 aromatic heterocycles. The van der Waals surface area contributed by atoms with Crippen LogP contribution in [0.25, 0.3) is 10.9 Å². The number of benzene rings is 2. The second kappa shape index (κ2) is 8.15. The summed E-state index contributed by atoms with van der Waals surface area (Å²) in [4.78, 5) is 12.2. The Bertz CT molecular complexity index is 972. The molecule has 2 amide bonds. The minimum Gasteiger partial charge on any atom is -0.493 e. The molecule has 0 saturated carbocycles. The highest BCUT2D eigenvalue weighted by Gasteiger charge is 2.30. The van der Waals surface area contributed by atoms with Gasteiger partial charge in [0.1, 0.15) is 5.75 Å². The summed E-state index contributed by atoms with van der Waals surface area (Å²) in [6.07, 6.45) is -4.25. The van der Waals surface area contributed by atoms with Gasteiger partial charge in [0.25, 0.3) is 0 Å². The number of fused-ring (bicyclic) bond motifs is 1. The van der Waals surface area contributed by atoms with E-state index in [4.69, 9.17) is 4.74 Å². The monoisotopic (exact) mass is 396 g/mol. The molecule has 0 unspecified atom stereocenters. The number of amides is 2. The topological polar surface area (TPSA) is 79.0 Å². The van der Waals surface area contributed by atoms with Gasteiger partial charge < -0.3 is 10.1 Å². The van der Waals surface area contributed by atoms with Crippen LogP contribution in [-0.4, -0.2) is 29.5 Å². The summed E-state index contributed by atoms with van der Waals surface area (Å²) in [6.45, 7) is -0.283. The van der Waals surface area contributed by atoms with Gasteiger partial charge in [-0.1, -0.05) is 6.07 Å². The van der Waals surface area contributed by atoms with Crippen LogP contribution in [0.5, 0.6) is 5.75 Å². The van der Waals surface area contributed by atoms with Gasteiger partial charge in [0.2, 0.25) is 0 Å². The third kappa shape index (κ3) is 4.70. The number of aromatic amines is 1. The molecular weight excluding hydrogens is 380 g/mol. The molecule has 0 radical (unpaired) electrons. The molecule has 3 rings (SSSR count). The van der Waals surface area contributed by atoms with Crippen LogP contribution in [0.1, 0.15) is 12.0 Å². The Morgan fingerprint density at radius 3 is 2.71 bits per heavy atom. The maximum Gasteiger partial charge on any atom is 0.416 e. The van der Waals surface area contributed by atoms with Crippen LogP contribution in [0.15, 0.2) is 42.5 Å². The molecule has 0 aliphatic carbocycles. The molecule has 3 aromatic rings. The number of nitrogens with one attached hydrogen (secondary N) is 3. The van der Waals surface area contributed by atoms with Crippen LogP contribution in [0.2, 0.25) is 0 Å². The van der Waals surface area contributed by atoms with Gasteiger partial charge in [0.15, 0.2) is 5.82 Å². The number of carbonyl (C=O) groups is 1. The number of rotatable bonds is 6. The number of carbonyl (C=O) groups excluding carboxylic acids is 1. The first-order chi connectivity index (χ1) is 13.4. The maximum absolute atomic E-state index is 12.8. The molecule has 0 atom stereocenters. The minimum atomic E-state index is -4.51. The molecule has 10 heteroatoms. The summed E-state index contributed by atoms with van der Waals surface area (Å²) in [5, 5.41) is 12.1. The Hall–Kier alpha value is -3.30. The predicted octanol–water partition coefficient (Wildman–Crippen LogP) is 4.96. The molecule has 0 aliphatic rings. The lowest BCUT2D eigenvalue weighted by Gasteiger charge is -2.10. The number of hydrogen-bond acceptors (Lipinski definition) is 3. The van der Waals surface area contributed by atoms with Gasteiger partial charge in [-0.25, -0.2) is 4.79 Å². The van der Waals surface area contributed by atoms with Gasteiger partial charge in [-0.15, -0.1) is 0 Å². The molecule has 0 spiro atoms. The Kier molecular flexibility index (Phi) is 5.67. The van der Waals surface area contributed by atoms with E-state index in [1.54, 1.807) is 18.2 Å². The van der Waals surface area contributed by atoms with Crippen molar-refractivity contribution in [3.63, 3.8) is 0 Å². The summed E-state index contributed by atoms with van der Waals surface area (Å²) in [5.41, 5.74) is -0.264. The average molecular weight is 396 g/mol. The molecule has 0 bridgehead atoms. The van der Waals surface area contributed by atoms with Crippen molar-refractivity contribution in [3.05, 3.63) is 48.0 Å². The van der Waals surface area contributed by atoms with Crippen molar-refractivity contribution >= 4 is 28.4 Å². The Labute approximate surface area is 156 Å². The molecular formula is C18H16F4N4O2. The fourth-order valence-corrected chi connectivity index (χ4v) is 2.47. The standard InChI is InChI=1S/C18H16F4N4O2/c19-7-2-8-28-13-5-6-15-14(10-13)16(26-25-15)24-17(27)23-12-4-1-3-11(9-12)18(20,21)22/h1,3-6,9-10H,2,7-8H2,(H3,23,24,25,26,27). The van der Waals surface area contributed by atoms with E-state index in [0.717, 1.165) is 12.1 Å². The fourth-order valence-electron chi connectivity index (χ4n) is 2.47. The summed E-state index contributed by atoms with van der Waals surface area (Å²) in [6, 6.07) is 8.51. The number of alkyl halides is 4. The predicted molar refractivity (Wildman–Crippen MR) is 96.3 cm³/mol. The molecule has 148 valence electrons. The minimum absolute atomic E-state index is 0.0117. The number of ether oxygens (including phenoxy) is 1. The zero-order valence-corrected chi connectivity index (χ0v) is 14.4. The number of H-pyrrole nitrogens is 1. The van der Waals surface area contributed by atoms with Crippen LogP contribution in [0.3, 0.4) is 0 Å². The van der Waals surface area contributed by atoms with Crippen molar-refractivity contribution in [2.24, 2.45) is 0 Å². The largest absolute Gasteiger partial charge is 0.493 e. The van der Waals surface area contributed by atoms with E-state index in [1.807, 2.05) is 0 Å². The van der Waals surface area contributed by atoms with Crippen molar-refractivity contribution in [2.75, 3.05) is 23.9 Å². The quantitative estimate of drug-likeness (QED) is 0.407. The van der Waals surface area contributed by atoms with Gasteiger partial charge in [-0.2, -0.15) is 18.3 Å². The van der Waals surface area contributed by atoms with Gasteiger partial charge in [0.05, 0.1) is 24.4 Å². The number of halogens is 4. The smallest absolute Gasteiger partial charge is 0.416 e. The van der Waals surface area contributed by atoms with E-state index in [-0.39, 0.29) is 24.5 Å². The highest BCUT2D eigenvalue weighted by Crippen LogP contribution is 2.31. The van der Waals surface area contributed by atoms with Gasteiger partial charge in [-0.05, 0) is 36.4 Å². The molecule has 2 aromatic carbocycles. The first-order valence-corrected chi connectivity index (χ1v) is 8.29. The molecule has 3 N–H and O–H groups in total. The molecule has 0 fully saturated rings. The third-order valence-electron chi connectivity index (χ3n) is 3.76. The maximum atomic E-state index is 12.8. The molecule has 0 aliphatic heterocycles. The van der Waals surface area contributed by atoms with Crippen LogP contribution < -0.4 is 15.4 Å². The summed E-state index contributed by atoms with van der Waals surface area (Å²) >= 11 is 0. The number of aromatic nitrogens is 2. The molecule has 28 heavy (non-hydrogen) atoms. The fraction of sp³-hybridized carbons (Fsp3) is 0.222. The summed E-state index contributed by atoms with van der Waals surface area (Å²) in [7, 11) is 0. The number of hydrogen-bond donors (Lipinski definition) is 3. The van der Waals surface area contributed by atoms with Crippen molar-refractivity contribution in [1.29, 1.82) is 0 Å². The first-order valence-electron chi connectivity index (χ1n) is 8.29. The van der Waals surface area contributed by atoms with E-state index < -0.39 is 24.4 Å². The van der Waals surface area contributed by atoms with Crippen LogP contribution >= 0.6 is 0 Å². The normalized spacial score (nSPS) is 11.4. The van der Waals surface area contributed by atoms with Crippen molar-refractivity contribution in [1.82, 2.24) is 10.2 Å². The SMILES string of the molecule is O=C(Nc1cccc(C(F)(F)F)c1)Nc1n[nH]c2ccc(OCCCF)cc12. The molecule has 6 nitrogen and oxygen atoms in total. The van der Waals surface area contributed by atoms with Gasteiger partial charge >= 0.3 is 12.2 Å². The summed E-state index contributed by atoms with van der Waals surface area (Å²) < 4.78 is 55.8. The van der Waals surface area contributed by atoms with Crippen molar-refractivity contribution < 1.29 is 27.1 Å². The van der Waals surface area contributed by atoms with Crippen molar-refractivity contribution in [3.8, 4) is 5.75 Å². The first kappa shape index (κ1) is 19.5. The number of anilines is 2. The lowest BCUT2D eigenvalue weighted by atomic mass is 10.2. The van der Waals surface area contributed by atoms with E-state index in [0.29, 0.717) is 16.7 Å². The lowest BCUT2D eigenvalue weighted by molar-refractivity contribution is -0.137. The van der Waals surface area contributed by atoms with Crippen molar-refractivity contribution in [2.45, 2.75) is 12.6 Å². The van der Waals surface area contributed by atoms with Crippen LogP contribution in [-0.2, 0) is 6.18 Å². The van der Waals surface area contributed by atoms with Gasteiger partial charge in [-0.3, -0.25) is 14.8 Å². The summed E-state index contributed by atoms with van der Waals surface area (Å²) in [5.74, 6) is 0.652. The molecule has 0 saturated heterocycles. The second-order valence-corrected chi connectivity index (χ2v) is 5.83. The Balaban J connectivity index is 1.71. The van der Waals surface area contributed by atoms with E-state index in [2.05, 4.69) is 20.8 Å². The van der Waals surface area contributed by atoms with E-state index in [1.165, 1.54) is 12.1 Å². The lowest BCUT2D eigenvalue weighted by Crippen LogP contribution is -2.20. The van der Waals surface area contributed by atoms with Gasteiger partial charge in [0, 0.05) is 17.5 Å². The zero-order chi connectivity index (χ0) is 20.1. The molecule has 1 heterocycles.